The summed E-state index contributed by atoms with van der Waals surface area (Å²) in [5.41, 5.74) is 3.10. The third-order valence-corrected chi connectivity index (χ3v) is 9.47. The number of esters is 1. The van der Waals surface area contributed by atoms with Gasteiger partial charge in [0.05, 0.1) is 11.3 Å². The molecule has 3 N–H and O–H groups in total. The first-order valence-electron chi connectivity index (χ1n) is 18.1. The van der Waals surface area contributed by atoms with Gasteiger partial charge >= 0.3 is 12.1 Å². The Bertz CT molecular complexity index is 1840. The SMILES string of the molecule is CNC(=O)c1ccccc1Nc1nc(Nc2ccc(N3CCN(CCOC(=O)CCCc4ccc(N(CCCl)CCCl)cc4)CC3)cc2)ncc1C(F)(F)F. The second kappa shape index (κ2) is 20.2. The van der Waals surface area contributed by atoms with Crippen molar-refractivity contribution in [3.63, 3.8) is 0 Å². The summed E-state index contributed by atoms with van der Waals surface area (Å²) in [4.78, 5) is 39.3. The molecule has 0 saturated carbocycles. The molecular formula is C39H45Cl2F3N8O3. The lowest BCUT2D eigenvalue weighted by molar-refractivity contribution is -0.144. The molecule has 1 aliphatic rings. The fraction of sp³-hybridized carbons (Fsp3) is 0.385. The molecule has 5 rings (SSSR count). The Labute approximate surface area is 329 Å². The van der Waals surface area contributed by atoms with E-state index in [4.69, 9.17) is 27.9 Å². The van der Waals surface area contributed by atoms with Gasteiger partial charge in [-0.3, -0.25) is 14.5 Å². The molecule has 1 aromatic heterocycles. The number of nitrogens with zero attached hydrogens (tertiary/aromatic N) is 5. The Morgan fingerprint density at radius 3 is 2.25 bits per heavy atom. The number of benzene rings is 3. The van der Waals surface area contributed by atoms with Crippen LogP contribution in [0.2, 0.25) is 0 Å². The average Bonchev–Trinajstić information content (AvgIpc) is 3.18. The van der Waals surface area contributed by atoms with Crippen molar-refractivity contribution >= 4 is 69.6 Å². The van der Waals surface area contributed by atoms with Gasteiger partial charge in [0.15, 0.2) is 0 Å². The van der Waals surface area contributed by atoms with E-state index in [1.54, 1.807) is 12.1 Å². The molecule has 294 valence electrons. The molecule has 1 saturated heterocycles. The summed E-state index contributed by atoms with van der Waals surface area (Å²) in [6, 6.07) is 22.0. The lowest BCUT2D eigenvalue weighted by Gasteiger charge is -2.36. The van der Waals surface area contributed by atoms with Crippen LogP contribution in [0, 0.1) is 0 Å². The van der Waals surface area contributed by atoms with Crippen molar-refractivity contribution in [1.82, 2.24) is 20.2 Å². The Kier molecular flexibility index (Phi) is 15.2. The maximum Gasteiger partial charge on any atom is 0.421 e. The molecule has 0 bridgehead atoms. The van der Waals surface area contributed by atoms with Gasteiger partial charge in [-0.25, -0.2) is 4.98 Å². The first-order valence-corrected chi connectivity index (χ1v) is 19.1. The Balaban J connectivity index is 1.05. The van der Waals surface area contributed by atoms with Gasteiger partial charge in [0.25, 0.3) is 5.91 Å². The largest absolute Gasteiger partial charge is 0.464 e. The molecule has 4 aromatic rings. The van der Waals surface area contributed by atoms with Crippen LogP contribution in [0.3, 0.4) is 0 Å². The summed E-state index contributed by atoms with van der Waals surface area (Å²) in [5, 5.41) is 8.13. The van der Waals surface area contributed by atoms with Gasteiger partial charge in [0, 0.05) is 94.3 Å². The van der Waals surface area contributed by atoms with Crippen LogP contribution in [0.25, 0.3) is 0 Å². The summed E-state index contributed by atoms with van der Waals surface area (Å²) in [6.45, 7) is 5.64. The number of amides is 1. The fourth-order valence-corrected chi connectivity index (χ4v) is 6.56. The molecule has 1 aliphatic heterocycles. The first kappa shape index (κ1) is 41.4. The average molecular weight is 802 g/mol. The van der Waals surface area contributed by atoms with E-state index in [1.165, 1.54) is 19.2 Å². The number of carbonyl (C=O) groups excluding carboxylic acids is 2. The second-order valence-corrected chi connectivity index (χ2v) is 13.6. The van der Waals surface area contributed by atoms with Crippen LogP contribution in [0.5, 0.6) is 0 Å². The zero-order valence-electron chi connectivity index (χ0n) is 30.5. The van der Waals surface area contributed by atoms with Crippen LogP contribution in [0.15, 0.2) is 79.0 Å². The third-order valence-electron chi connectivity index (χ3n) is 9.13. The molecule has 0 unspecified atom stereocenters. The molecule has 11 nitrogen and oxygen atoms in total. The minimum Gasteiger partial charge on any atom is -0.464 e. The molecule has 3 aromatic carbocycles. The number of ether oxygens (including phenoxy) is 1. The lowest BCUT2D eigenvalue weighted by Crippen LogP contribution is -2.47. The van der Waals surface area contributed by atoms with Gasteiger partial charge in [-0.05, 0) is 66.9 Å². The van der Waals surface area contributed by atoms with E-state index >= 15 is 0 Å². The quantitative estimate of drug-likeness (QED) is 0.0699. The van der Waals surface area contributed by atoms with Gasteiger partial charge in [-0.15, -0.1) is 23.2 Å². The molecule has 0 aliphatic carbocycles. The number of para-hydroxylation sites is 1. The highest BCUT2D eigenvalue weighted by molar-refractivity contribution is 6.18. The summed E-state index contributed by atoms with van der Waals surface area (Å²) >= 11 is 11.8. The van der Waals surface area contributed by atoms with Crippen molar-refractivity contribution in [3.05, 3.63) is 95.7 Å². The maximum atomic E-state index is 13.9. The molecule has 2 heterocycles. The zero-order valence-corrected chi connectivity index (χ0v) is 32.1. The normalized spacial score (nSPS) is 13.3. The van der Waals surface area contributed by atoms with E-state index in [9.17, 15) is 22.8 Å². The highest BCUT2D eigenvalue weighted by atomic mass is 35.5. The van der Waals surface area contributed by atoms with Crippen molar-refractivity contribution in [2.75, 3.05) is 91.7 Å². The predicted octanol–water partition coefficient (Wildman–Crippen LogP) is 7.31. The summed E-state index contributed by atoms with van der Waals surface area (Å²) in [5.74, 6) is -0.122. The van der Waals surface area contributed by atoms with E-state index in [-0.39, 0.29) is 23.2 Å². The molecule has 16 heteroatoms. The second-order valence-electron chi connectivity index (χ2n) is 12.8. The monoisotopic (exact) mass is 800 g/mol. The number of anilines is 6. The topological polar surface area (TPSA) is 115 Å². The number of piperazine rings is 1. The van der Waals surface area contributed by atoms with Crippen molar-refractivity contribution in [3.8, 4) is 0 Å². The van der Waals surface area contributed by atoms with E-state index < -0.39 is 23.5 Å². The number of aromatic nitrogens is 2. The molecule has 0 radical (unpaired) electrons. The van der Waals surface area contributed by atoms with Gasteiger partial charge in [0.2, 0.25) is 5.95 Å². The predicted molar refractivity (Wildman–Crippen MR) is 213 cm³/mol. The van der Waals surface area contributed by atoms with E-state index in [0.717, 1.165) is 62.6 Å². The van der Waals surface area contributed by atoms with Crippen LogP contribution in [0.1, 0.15) is 34.3 Å². The van der Waals surface area contributed by atoms with Gasteiger partial charge in [-0.2, -0.15) is 18.2 Å². The summed E-state index contributed by atoms with van der Waals surface area (Å²) in [7, 11) is 1.44. The number of carbonyl (C=O) groups is 2. The molecule has 1 amide bonds. The number of rotatable bonds is 18. The number of aryl methyl sites for hydroxylation is 1. The van der Waals surface area contributed by atoms with Gasteiger partial charge in [0.1, 0.15) is 18.0 Å². The van der Waals surface area contributed by atoms with E-state index in [2.05, 4.69) is 64.9 Å². The number of hydrogen-bond acceptors (Lipinski definition) is 10. The Morgan fingerprint density at radius 1 is 0.909 bits per heavy atom. The van der Waals surface area contributed by atoms with Gasteiger partial charge < -0.3 is 30.5 Å². The van der Waals surface area contributed by atoms with Crippen LogP contribution in [-0.2, 0) is 22.1 Å². The first-order chi connectivity index (χ1) is 26.6. The molecule has 1 fully saturated rings. The van der Waals surface area contributed by atoms with Crippen molar-refractivity contribution < 1.29 is 27.5 Å². The number of halogens is 5. The standard InChI is InChI=1S/C39H45Cl2F3N8O3/c1-45-37(54)32-6-2-3-7-34(32)48-36-33(39(42,43)44)27-46-38(49-36)47-29-11-15-31(16-12-29)52-23-21-50(22-24-52)25-26-55-35(53)8-4-5-28-9-13-30(14-10-28)51(19-17-40)20-18-41/h2-3,6-7,9-16,27H,4-5,8,17-26H2,1H3,(H,45,54)(H2,46,47,48,49). The minimum atomic E-state index is -4.73. The number of hydrogen-bond donors (Lipinski definition) is 3. The van der Waals surface area contributed by atoms with Crippen LogP contribution >= 0.6 is 23.2 Å². The van der Waals surface area contributed by atoms with Crippen LogP contribution < -0.4 is 25.8 Å². The molecule has 55 heavy (non-hydrogen) atoms. The summed E-state index contributed by atoms with van der Waals surface area (Å²) < 4.78 is 47.1. The third kappa shape index (κ3) is 12.1. The molecular weight excluding hydrogens is 756 g/mol. The lowest BCUT2D eigenvalue weighted by atomic mass is 10.1. The van der Waals surface area contributed by atoms with Crippen LogP contribution in [0.4, 0.5) is 47.7 Å². The molecule has 0 spiro atoms. The maximum absolute atomic E-state index is 13.9. The highest BCUT2D eigenvalue weighted by Crippen LogP contribution is 2.36. The van der Waals surface area contributed by atoms with Crippen molar-refractivity contribution in [2.45, 2.75) is 25.4 Å². The Hall–Kier alpha value is -4.79. The summed E-state index contributed by atoms with van der Waals surface area (Å²) in [6.07, 6.45) is -2.16. The van der Waals surface area contributed by atoms with E-state index in [0.29, 0.717) is 49.6 Å². The minimum absolute atomic E-state index is 0.0471. The smallest absolute Gasteiger partial charge is 0.421 e. The zero-order chi connectivity index (χ0) is 39.2. The number of nitrogens with one attached hydrogen (secondary N) is 3. The fourth-order valence-electron chi connectivity index (χ4n) is 6.16. The molecule has 0 atom stereocenters. The number of alkyl halides is 5. The van der Waals surface area contributed by atoms with Crippen molar-refractivity contribution in [1.29, 1.82) is 0 Å². The van der Waals surface area contributed by atoms with Crippen molar-refractivity contribution in [2.24, 2.45) is 0 Å². The van der Waals surface area contributed by atoms with Crippen LogP contribution in [-0.4, -0.2) is 98.0 Å². The Morgan fingerprint density at radius 2 is 1.60 bits per heavy atom. The van der Waals surface area contributed by atoms with E-state index in [1.807, 2.05) is 24.3 Å². The highest BCUT2D eigenvalue weighted by Gasteiger charge is 2.35. The van der Waals surface area contributed by atoms with Gasteiger partial charge in [-0.1, -0.05) is 24.3 Å².